The number of likely N-dealkylation sites (N-methyl/N-ethyl adjacent to an activating group) is 1. The number of hydrogen-bond acceptors (Lipinski definition) is 4. The van der Waals surface area contributed by atoms with Crippen LogP contribution in [0.5, 0.6) is 0 Å². The van der Waals surface area contributed by atoms with Crippen molar-refractivity contribution < 1.29 is 19.8 Å². The number of nitrogens with zero attached hydrogens (tertiary/aromatic N) is 2. The number of aliphatic carboxylic acids is 1. The highest BCUT2D eigenvalue weighted by Gasteiger charge is 2.15. The normalized spacial score (nSPS) is 11.7. The summed E-state index contributed by atoms with van der Waals surface area (Å²) in [5.74, 6) is -1.36. The van der Waals surface area contributed by atoms with Gasteiger partial charge in [-0.25, -0.2) is 9.59 Å². The maximum Gasteiger partial charge on any atom is 0.334 e. The first-order chi connectivity index (χ1) is 9.00. The summed E-state index contributed by atoms with van der Waals surface area (Å²) in [6.07, 6.45) is 2.45. The summed E-state index contributed by atoms with van der Waals surface area (Å²) in [5, 5.41) is 19.8. The van der Waals surface area contributed by atoms with Crippen LogP contribution in [0.4, 0.5) is 4.79 Å². The fraction of sp³-hybridized carbons (Fsp3) is 0.417. The molecule has 1 aromatic rings. The molecule has 0 aliphatic carbocycles. The van der Waals surface area contributed by atoms with Crippen molar-refractivity contribution in [3.63, 3.8) is 0 Å². The summed E-state index contributed by atoms with van der Waals surface area (Å²) in [7, 11) is 1.60. The second kappa shape index (κ2) is 7.32. The van der Waals surface area contributed by atoms with Crippen LogP contribution in [0.3, 0.4) is 0 Å². The summed E-state index contributed by atoms with van der Waals surface area (Å²) in [5.41, 5.74) is 1.06. The van der Waals surface area contributed by atoms with Gasteiger partial charge in [0.05, 0.1) is 6.54 Å². The lowest BCUT2D eigenvalue weighted by atomic mass is 10.2. The van der Waals surface area contributed by atoms with E-state index in [9.17, 15) is 9.59 Å². The number of urea groups is 1. The third-order valence-corrected chi connectivity index (χ3v) is 2.56. The zero-order valence-electron chi connectivity index (χ0n) is 10.6. The molecule has 1 heterocycles. The van der Waals surface area contributed by atoms with Crippen LogP contribution in [0.1, 0.15) is 5.56 Å². The Morgan fingerprint density at radius 3 is 2.63 bits per heavy atom. The van der Waals surface area contributed by atoms with E-state index in [2.05, 4.69) is 10.3 Å². The average molecular weight is 267 g/mol. The van der Waals surface area contributed by atoms with E-state index in [1.54, 1.807) is 19.4 Å². The molecule has 0 unspecified atom stereocenters. The minimum absolute atomic E-state index is 0.312. The molecule has 1 rings (SSSR count). The monoisotopic (exact) mass is 267 g/mol. The van der Waals surface area contributed by atoms with Gasteiger partial charge in [-0.2, -0.15) is 0 Å². The van der Waals surface area contributed by atoms with Crippen LogP contribution in [-0.2, 0) is 11.2 Å². The van der Waals surface area contributed by atoms with E-state index in [4.69, 9.17) is 10.2 Å². The predicted molar refractivity (Wildman–Crippen MR) is 67.6 cm³/mol. The fourth-order valence-corrected chi connectivity index (χ4v) is 1.35. The van der Waals surface area contributed by atoms with Crippen molar-refractivity contribution in [2.75, 3.05) is 20.1 Å². The molecule has 0 saturated carbocycles. The van der Waals surface area contributed by atoms with Gasteiger partial charge in [-0.05, 0) is 24.1 Å². The number of aliphatic hydroxyl groups is 1. The minimum atomic E-state index is -1.59. The van der Waals surface area contributed by atoms with E-state index in [1.807, 2.05) is 12.1 Å². The number of carbonyl (C=O) groups is 2. The second-order valence-electron chi connectivity index (χ2n) is 4.07. The van der Waals surface area contributed by atoms with E-state index in [0.717, 1.165) is 5.56 Å². The first kappa shape index (κ1) is 14.9. The molecule has 0 fully saturated rings. The number of hydrogen-bond donors (Lipinski definition) is 3. The lowest BCUT2D eigenvalue weighted by molar-refractivity contribution is -0.146. The highest BCUT2D eigenvalue weighted by Crippen LogP contribution is 1.99. The third-order valence-electron chi connectivity index (χ3n) is 2.56. The molecule has 1 atom stereocenters. The zero-order valence-corrected chi connectivity index (χ0v) is 10.6. The van der Waals surface area contributed by atoms with Crippen molar-refractivity contribution >= 4 is 12.0 Å². The quantitative estimate of drug-likeness (QED) is 0.657. The number of aromatic nitrogens is 1. The van der Waals surface area contributed by atoms with Crippen molar-refractivity contribution in [2.24, 2.45) is 0 Å². The smallest absolute Gasteiger partial charge is 0.334 e. The van der Waals surface area contributed by atoms with Gasteiger partial charge in [0.25, 0.3) is 0 Å². The van der Waals surface area contributed by atoms with Crippen molar-refractivity contribution in [1.29, 1.82) is 0 Å². The van der Waals surface area contributed by atoms with E-state index in [1.165, 1.54) is 4.90 Å². The van der Waals surface area contributed by atoms with Crippen LogP contribution in [-0.4, -0.2) is 58.3 Å². The summed E-state index contributed by atoms with van der Waals surface area (Å²) in [6.45, 7) is 0.173. The zero-order chi connectivity index (χ0) is 14.3. The van der Waals surface area contributed by atoms with Crippen LogP contribution in [0.25, 0.3) is 0 Å². The number of carboxylic acid groups (broad SMARTS) is 1. The summed E-state index contributed by atoms with van der Waals surface area (Å²) in [4.78, 5) is 27.3. The minimum Gasteiger partial charge on any atom is -0.479 e. The van der Waals surface area contributed by atoms with Gasteiger partial charge >= 0.3 is 12.0 Å². The molecule has 104 valence electrons. The number of rotatable bonds is 6. The molecule has 1 aromatic heterocycles. The van der Waals surface area contributed by atoms with Crippen LogP contribution >= 0.6 is 0 Å². The maximum atomic E-state index is 11.6. The molecule has 19 heavy (non-hydrogen) atoms. The summed E-state index contributed by atoms with van der Waals surface area (Å²) < 4.78 is 0. The number of carbonyl (C=O) groups excluding carboxylic acids is 1. The molecular formula is C12H17N3O4. The van der Waals surface area contributed by atoms with Crippen LogP contribution in [0.2, 0.25) is 0 Å². The first-order valence-corrected chi connectivity index (χ1v) is 5.79. The standard InChI is InChI=1S/C12H17N3O4/c1-15(7-4-9-2-5-13-6-3-9)12(19)14-8-10(16)11(17)18/h2-3,5-6,10,16H,4,7-8H2,1H3,(H,14,19)(H,17,18)/t10-/m0/s1. The number of pyridine rings is 1. The number of amides is 2. The van der Waals surface area contributed by atoms with E-state index in [-0.39, 0.29) is 6.54 Å². The van der Waals surface area contributed by atoms with Crippen molar-refractivity contribution in [3.05, 3.63) is 30.1 Å². The first-order valence-electron chi connectivity index (χ1n) is 5.79. The molecule has 2 amide bonds. The SMILES string of the molecule is CN(CCc1ccncc1)C(=O)NC[C@H](O)C(=O)O. The Kier molecular flexibility index (Phi) is 5.74. The van der Waals surface area contributed by atoms with Gasteiger partial charge in [0, 0.05) is 26.0 Å². The van der Waals surface area contributed by atoms with Crippen molar-refractivity contribution in [3.8, 4) is 0 Å². The Morgan fingerprint density at radius 1 is 1.42 bits per heavy atom. The highest BCUT2D eigenvalue weighted by atomic mass is 16.4. The molecule has 3 N–H and O–H groups in total. The van der Waals surface area contributed by atoms with Crippen LogP contribution < -0.4 is 5.32 Å². The van der Waals surface area contributed by atoms with E-state index in [0.29, 0.717) is 13.0 Å². The molecule has 7 nitrogen and oxygen atoms in total. The Labute approximate surface area is 110 Å². The van der Waals surface area contributed by atoms with Crippen molar-refractivity contribution in [2.45, 2.75) is 12.5 Å². The molecular weight excluding hydrogens is 250 g/mol. The van der Waals surface area contributed by atoms with Crippen LogP contribution in [0, 0.1) is 0 Å². The predicted octanol–water partition coefficient (Wildman–Crippen LogP) is -0.289. The molecule has 0 saturated heterocycles. The second-order valence-corrected chi connectivity index (χ2v) is 4.07. The molecule has 0 spiro atoms. The van der Waals surface area contributed by atoms with E-state index >= 15 is 0 Å². The van der Waals surface area contributed by atoms with Gasteiger partial charge in [-0.3, -0.25) is 4.98 Å². The van der Waals surface area contributed by atoms with E-state index < -0.39 is 18.1 Å². The Morgan fingerprint density at radius 2 is 2.05 bits per heavy atom. The van der Waals surface area contributed by atoms with Gasteiger partial charge in [0.15, 0.2) is 6.10 Å². The molecule has 0 aromatic carbocycles. The van der Waals surface area contributed by atoms with Gasteiger partial charge in [0.1, 0.15) is 0 Å². The summed E-state index contributed by atoms with van der Waals surface area (Å²) in [6, 6.07) is 3.30. The molecule has 0 radical (unpaired) electrons. The molecule has 0 bridgehead atoms. The summed E-state index contributed by atoms with van der Waals surface area (Å²) >= 11 is 0. The van der Waals surface area contributed by atoms with Crippen LogP contribution in [0.15, 0.2) is 24.5 Å². The Hall–Kier alpha value is -2.15. The van der Waals surface area contributed by atoms with Gasteiger partial charge in [-0.15, -0.1) is 0 Å². The van der Waals surface area contributed by atoms with Crippen molar-refractivity contribution in [1.82, 2.24) is 15.2 Å². The Balaban J connectivity index is 2.31. The largest absolute Gasteiger partial charge is 0.479 e. The average Bonchev–Trinajstić information content (AvgIpc) is 2.42. The highest BCUT2D eigenvalue weighted by molar-refractivity contribution is 5.76. The van der Waals surface area contributed by atoms with Gasteiger partial charge in [-0.1, -0.05) is 0 Å². The number of aliphatic hydroxyl groups excluding tert-OH is 1. The van der Waals surface area contributed by atoms with Gasteiger partial charge in [0.2, 0.25) is 0 Å². The van der Waals surface area contributed by atoms with Gasteiger partial charge < -0.3 is 20.4 Å². The number of nitrogens with one attached hydrogen (secondary N) is 1. The number of carboxylic acids is 1. The Bertz CT molecular complexity index is 424. The third kappa shape index (κ3) is 5.35. The fourth-order valence-electron chi connectivity index (χ4n) is 1.35. The molecule has 7 heteroatoms. The molecule has 0 aliphatic rings. The topological polar surface area (TPSA) is 103 Å². The lowest BCUT2D eigenvalue weighted by Crippen LogP contribution is -2.43. The maximum absolute atomic E-state index is 11.6. The molecule has 0 aliphatic heterocycles. The lowest BCUT2D eigenvalue weighted by Gasteiger charge is -2.18.